The van der Waals surface area contributed by atoms with Crippen molar-refractivity contribution in [3.8, 4) is 0 Å². The summed E-state index contributed by atoms with van der Waals surface area (Å²) in [6.45, 7) is 7.21. The summed E-state index contributed by atoms with van der Waals surface area (Å²) in [7, 11) is 0. The third-order valence-corrected chi connectivity index (χ3v) is 6.81. The number of nitrogens with two attached hydrogens (primary N) is 1. The van der Waals surface area contributed by atoms with Crippen LogP contribution < -0.4 is 5.73 Å². The minimum Gasteiger partial charge on any atom is -0.339 e. The number of aromatic nitrogens is 2. The molecule has 1 aromatic rings. The van der Waals surface area contributed by atoms with Crippen molar-refractivity contribution >= 4 is 23.5 Å². The zero-order chi connectivity index (χ0) is 13.1. The number of hydrogen-bond acceptors (Lipinski definition) is 6. The minimum atomic E-state index is 0.198. The van der Waals surface area contributed by atoms with Gasteiger partial charge >= 0.3 is 0 Å². The first-order valence-corrected chi connectivity index (χ1v) is 8.45. The van der Waals surface area contributed by atoms with E-state index in [2.05, 4.69) is 30.9 Å². The predicted octanol–water partition coefficient (Wildman–Crippen LogP) is 2.82. The summed E-state index contributed by atoms with van der Waals surface area (Å²) in [4.78, 5) is 4.54. The smallest absolute Gasteiger partial charge is 0.231 e. The monoisotopic (exact) mass is 287 g/mol. The molecule has 0 aromatic carbocycles. The van der Waals surface area contributed by atoms with E-state index in [1.165, 1.54) is 0 Å². The second kappa shape index (κ2) is 6.30. The van der Waals surface area contributed by atoms with E-state index in [1.807, 2.05) is 23.5 Å². The molecule has 1 fully saturated rings. The Bertz CT molecular complexity index is 381. The van der Waals surface area contributed by atoms with Gasteiger partial charge in [0.15, 0.2) is 5.82 Å². The maximum absolute atomic E-state index is 5.71. The Morgan fingerprint density at radius 1 is 1.44 bits per heavy atom. The third kappa shape index (κ3) is 3.03. The molecular formula is C12H21N3OS2. The Kier molecular flexibility index (Phi) is 4.98. The van der Waals surface area contributed by atoms with E-state index < -0.39 is 0 Å². The topological polar surface area (TPSA) is 64.9 Å². The average molecular weight is 287 g/mol. The first kappa shape index (κ1) is 14.2. The van der Waals surface area contributed by atoms with Crippen molar-refractivity contribution in [3.05, 3.63) is 11.7 Å². The van der Waals surface area contributed by atoms with Crippen LogP contribution in [0.15, 0.2) is 4.52 Å². The van der Waals surface area contributed by atoms with Crippen LogP contribution in [0.2, 0.25) is 0 Å². The van der Waals surface area contributed by atoms with Gasteiger partial charge in [0.1, 0.15) is 0 Å². The second-order valence-corrected chi connectivity index (χ2v) is 7.69. The fraction of sp³-hybridized carbons (Fsp3) is 0.833. The van der Waals surface area contributed by atoms with Gasteiger partial charge in [-0.15, -0.1) is 11.8 Å². The van der Waals surface area contributed by atoms with Crippen LogP contribution in [0.3, 0.4) is 0 Å². The van der Waals surface area contributed by atoms with E-state index in [9.17, 15) is 0 Å². The third-order valence-electron chi connectivity index (χ3n) is 3.42. The lowest BCUT2D eigenvalue weighted by atomic mass is 10.1. The molecule has 2 rings (SSSR count). The van der Waals surface area contributed by atoms with E-state index in [4.69, 9.17) is 10.3 Å². The summed E-state index contributed by atoms with van der Waals surface area (Å²) >= 11 is 3.94. The lowest BCUT2D eigenvalue weighted by Crippen LogP contribution is -2.22. The molecule has 18 heavy (non-hydrogen) atoms. The number of rotatable bonds is 4. The molecule has 0 spiro atoms. The normalized spacial score (nSPS) is 30.3. The Balaban J connectivity index is 2.06. The van der Waals surface area contributed by atoms with E-state index in [-0.39, 0.29) is 5.92 Å². The maximum Gasteiger partial charge on any atom is 0.231 e. The van der Waals surface area contributed by atoms with E-state index in [1.54, 1.807) is 0 Å². The van der Waals surface area contributed by atoms with Gasteiger partial charge in [-0.25, -0.2) is 0 Å². The van der Waals surface area contributed by atoms with Crippen LogP contribution in [-0.4, -0.2) is 32.9 Å². The van der Waals surface area contributed by atoms with Crippen molar-refractivity contribution in [2.45, 2.75) is 48.9 Å². The number of thioether (sulfide) groups is 2. The quantitative estimate of drug-likeness (QED) is 0.918. The molecule has 4 atom stereocenters. The highest BCUT2D eigenvalue weighted by Crippen LogP contribution is 2.43. The van der Waals surface area contributed by atoms with Crippen molar-refractivity contribution in [1.82, 2.24) is 10.1 Å². The minimum absolute atomic E-state index is 0.198. The van der Waals surface area contributed by atoms with Crippen molar-refractivity contribution in [1.29, 1.82) is 0 Å². The molecule has 0 amide bonds. The van der Waals surface area contributed by atoms with Gasteiger partial charge in [-0.1, -0.05) is 25.9 Å². The fourth-order valence-corrected chi connectivity index (χ4v) is 4.74. The van der Waals surface area contributed by atoms with Gasteiger partial charge in [0.2, 0.25) is 5.89 Å². The molecule has 0 aliphatic carbocycles. The molecule has 1 aromatic heterocycles. The molecule has 1 aliphatic heterocycles. The largest absolute Gasteiger partial charge is 0.339 e. The number of hydrogen-bond donors (Lipinski definition) is 1. The molecule has 4 unspecified atom stereocenters. The highest BCUT2D eigenvalue weighted by atomic mass is 32.2. The van der Waals surface area contributed by atoms with E-state index in [0.29, 0.717) is 28.2 Å². The Hall–Kier alpha value is -0.200. The lowest BCUT2D eigenvalue weighted by molar-refractivity contribution is 0.347. The van der Waals surface area contributed by atoms with Gasteiger partial charge in [0.05, 0.1) is 11.2 Å². The van der Waals surface area contributed by atoms with Gasteiger partial charge in [0, 0.05) is 22.8 Å². The molecule has 0 bridgehead atoms. The van der Waals surface area contributed by atoms with Crippen LogP contribution in [-0.2, 0) is 0 Å². The standard InChI is InChI=1S/C12H21N3OS2/c1-4-9(5-13)12-14-11(15-16-12)10-6-17-7(2)8(3)18-10/h7-10H,4-6,13H2,1-3H3. The van der Waals surface area contributed by atoms with Crippen LogP contribution in [0.1, 0.15) is 50.1 Å². The summed E-state index contributed by atoms with van der Waals surface area (Å²) in [5, 5.41) is 5.83. The Labute approximate surface area is 117 Å². The molecule has 102 valence electrons. The van der Waals surface area contributed by atoms with Gasteiger partial charge in [-0.3, -0.25) is 0 Å². The molecule has 1 saturated heterocycles. The summed E-state index contributed by atoms with van der Waals surface area (Å²) in [5.41, 5.74) is 5.71. The highest BCUT2D eigenvalue weighted by Gasteiger charge is 2.30. The molecular weight excluding hydrogens is 266 g/mol. The Morgan fingerprint density at radius 3 is 2.83 bits per heavy atom. The van der Waals surface area contributed by atoms with Crippen molar-refractivity contribution < 1.29 is 4.52 Å². The zero-order valence-electron chi connectivity index (χ0n) is 11.1. The average Bonchev–Trinajstić information content (AvgIpc) is 2.84. The number of nitrogens with zero attached hydrogens (tertiary/aromatic N) is 2. The zero-order valence-corrected chi connectivity index (χ0v) is 12.8. The van der Waals surface area contributed by atoms with Crippen LogP contribution >= 0.6 is 23.5 Å². The van der Waals surface area contributed by atoms with Crippen LogP contribution in [0.25, 0.3) is 0 Å². The second-order valence-electron chi connectivity index (χ2n) is 4.70. The summed E-state index contributed by atoms with van der Waals surface area (Å²) < 4.78 is 5.36. The molecule has 2 N–H and O–H groups in total. The molecule has 6 heteroatoms. The first-order valence-electron chi connectivity index (χ1n) is 6.46. The van der Waals surface area contributed by atoms with Crippen LogP contribution in [0, 0.1) is 0 Å². The van der Waals surface area contributed by atoms with Gasteiger partial charge in [-0.05, 0) is 6.42 Å². The van der Waals surface area contributed by atoms with Gasteiger partial charge in [-0.2, -0.15) is 16.7 Å². The Morgan fingerprint density at radius 2 is 2.22 bits per heavy atom. The van der Waals surface area contributed by atoms with Crippen molar-refractivity contribution in [3.63, 3.8) is 0 Å². The summed E-state index contributed by atoms with van der Waals surface area (Å²) in [5.74, 6) is 2.80. The first-order chi connectivity index (χ1) is 8.65. The van der Waals surface area contributed by atoms with E-state index >= 15 is 0 Å². The lowest BCUT2D eigenvalue weighted by Gasteiger charge is -2.29. The maximum atomic E-state index is 5.71. The van der Waals surface area contributed by atoms with Crippen molar-refractivity contribution in [2.75, 3.05) is 12.3 Å². The molecule has 0 saturated carbocycles. The van der Waals surface area contributed by atoms with Gasteiger partial charge in [0.25, 0.3) is 0 Å². The molecule has 1 aliphatic rings. The van der Waals surface area contributed by atoms with Crippen LogP contribution in [0.5, 0.6) is 0 Å². The summed E-state index contributed by atoms with van der Waals surface area (Å²) in [6.07, 6.45) is 0.943. The van der Waals surface area contributed by atoms with E-state index in [0.717, 1.165) is 18.0 Å². The summed E-state index contributed by atoms with van der Waals surface area (Å²) in [6, 6.07) is 0. The fourth-order valence-electron chi connectivity index (χ4n) is 1.91. The molecule has 4 nitrogen and oxygen atoms in total. The highest BCUT2D eigenvalue weighted by molar-refractivity contribution is 8.07. The van der Waals surface area contributed by atoms with Crippen LogP contribution in [0.4, 0.5) is 0 Å². The predicted molar refractivity (Wildman–Crippen MR) is 78.1 cm³/mol. The molecule has 0 radical (unpaired) electrons. The SMILES string of the molecule is CCC(CN)c1nc(C2CSC(C)C(C)S2)no1. The van der Waals surface area contributed by atoms with Crippen molar-refractivity contribution in [2.24, 2.45) is 5.73 Å². The van der Waals surface area contributed by atoms with Gasteiger partial charge < -0.3 is 10.3 Å². The molecule has 2 heterocycles.